The molecule has 3 aromatic carbocycles. The predicted molar refractivity (Wildman–Crippen MR) is 125 cm³/mol. The van der Waals surface area contributed by atoms with Gasteiger partial charge < -0.3 is 15.4 Å². The molecule has 5 nitrogen and oxygen atoms in total. The summed E-state index contributed by atoms with van der Waals surface area (Å²) in [7, 11) is 0. The third-order valence-electron chi connectivity index (χ3n) is 5.02. The minimum absolute atomic E-state index is 0.297. The van der Waals surface area contributed by atoms with Crippen molar-refractivity contribution in [1.29, 1.82) is 0 Å². The van der Waals surface area contributed by atoms with Crippen LogP contribution in [0.2, 0.25) is 0 Å². The van der Waals surface area contributed by atoms with E-state index < -0.39 is 24.3 Å². The molecule has 2 amide bonds. The Kier molecular flexibility index (Phi) is 8.29. The number of rotatable bonds is 9. The van der Waals surface area contributed by atoms with Gasteiger partial charge in [-0.1, -0.05) is 37.6 Å². The lowest BCUT2D eigenvalue weighted by Crippen LogP contribution is -2.22. The Morgan fingerprint density at radius 2 is 1.56 bits per heavy atom. The van der Waals surface area contributed by atoms with Gasteiger partial charge in [0.25, 0.3) is 11.8 Å². The normalized spacial score (nSPS) is 11.1. The summed E-state index contributed by atoms with van der Waals surface area (Å²) in [5.74, 6) is -0.730. The van der Waals surface area contributed by atoms with E-state index in [1.807, 2.05) is 24.3 Å². The number of carbonyl (C=O) groups is 2. The molecule has 34 heavy (non-hydrogen) atoms. The SMILES string of the molecule is CCCCc1ccc(NC(=O)c2ccc(OCC(=O)Nc3ccccc3C(F)(F)F)cc2)cc1. The molecular formula is C26H25F3N2O3. The Labute approximate surface area is 195 Å². The highest BCUT2D eigenvalue weighted by molar-refractivity contribution is 6.04. The van der Waals surface area contributed by atoms with Gasteiger partial charge in [0.15, 0.2) is 6.61 Å². The second kappa shape index (κ2) is 11.4. The molecule has 0 heterocycles. The number of para-hydroxylation sites is 1. The van der Waals surface area contributed by atoms with Crippen molar-refractivity contribution in [2.75, 3.05) is 17.2 Å². The van der Waals surface area contributed by atoms with Crippen LogP contribution in [0, 0.1) is 0 Å². The zero-order valence-corrected chi connectivity index (χ0v) is 18.6. The summed E-state index contributed by atoms with van der Waals surface area (Å²) in [6.45, 7) is 1.65. The lowest BCUT2D eigenvalue weighted by Gasteiger charge is -2.14. The second-order valence-electron chi connectivity index (χ2n) is 7.66. The van der Waals surface area contributed by atoms with E-state index in [4.69, 9.17) is 4.74 Å². The average molecular weight is 470 g/mol. The van der Waals surface area contributed by atoms with E-state index in [0.29, 0.717) is 17.0 Å². The van der Waals surface area contributed by atoms with Crippen molar-refractivity contribution in [2.45, 2.75) is 32.4 Å². The Morgan fingerprint density at radius 1 is 0.882 bits per heavy atom. The number of carbonyl (C=O) groups excluding carboxylic acids is 2. The molecule has 0 aliphatic rings. The fraction of sp³-hybridized carbons (Fsp3) is 0.231. The largest absolute Gasteiger partial charge is 0.484 e. The molecule has 8 heteroatoms. The first-order valence-corrected chi connectivity index (χ1v) is 10.9. The maximum Gasteiger partial charge on any atom is 0.418 e. The molecule has 178 valence electrons. The summed E-state index contributed by atoms with van der Waals surface area (Å²) < 4.78 is 44.5. The van der Waals surface area contributed by atoms with Gasteiger partial charge in [0, 0.05) is 11.3 Å². The number of unbranched alkanes of at least 4 members (excludes halogenated alkanes) is 1. The van der Waals surface area contributed by atoms with Crippen molar-refractivity contribution in [3.8, 4) is 5.75 Å². The third-order valence-corrected chi connectivity index (χ3v) is 5.02. The van der Waals surface area contributed by atoms with Crippen LogP contribution in [0.4, 0.5) is 24.5 Å². The van der Waals surface area contributed by atoms with Crippen molar-refractivity contribution < 1.29 is 27.5 Å². The van der Waals surface area contributed by atoms with Gasteiger partial charge in [-0.05, 0) is 66.9 Å². The predicted octanol–water partition coefficient (Wildman–Crippen LogP) is 6.32. The van der Waals surface area contributed by atoms with Crippen LogP contribution in [0.15, 0.2) is 72.8 Å². The van der Waals surface area contributed by atoms with Crippen LogP contribution >= 0.6 is 0 Å². The molecule has 0 saturated heterocycles. The number of alkyl halides is 3. The summed E-state index contributed by atoms with van der Waals surface area (Å²) in [6.07, 6.45) is -1.35. The third kappa shape index (κ3) is 7.10. The van der Waals surface area contributed by atoms with Crippen molar-refractivity contribution in [3.63, 3.8) is 0 Å². The molecule has 0 unspecified atom stereocenters. The van der Waals surface area contributed by atoms with Crippen LogP contribution in [0.1, 0.15) is 41.3 Å². The van der Waals surface area contributed by atoms with Crippen LogP contribution in [0.3, 0.4) is 0 Å². The summed E-state index contributed by atoms with van der Waals surface area (Å²) in [5, 5.41) is 5.03. The van der Waals surface area contributed by atoms with E-state index in [1.54, 1.807) is 0 Å². The number of aryl methyl sites for hydroxylation is 1. The van der Waals surface area contributed by atoms with Gasteiger partial charge in [0.05, 0.1) is 11.3 Å². The molecule has 0 bridgehead atoms. The Balaban J connectivity index is 1.52. The first-order chi connectivity index (χ1) is 16.3. The quantitative estimate of drug-likeness (QED) is 0.385. The van der Waals surface area contributed by atoms with E-state index in [2.05, 4.69) is 17.6 Å². The molecule has 0 fully saturated rings. The monoisotopic (exact) mass is 470 g/mol. The van der Waals surface area contributed by atoms with Crippen LogP contribution in [0.25, 0.3) is 0 Å². The number of ether oxygens (including phenoxy) is 1. The van der Waals surface area contributed by atoms with Crippen LogP contribution in [-0.4, -0.2) is 18.4 Å². The van der Waals surface area contributed by atoms with E-state index in [9.17, 15) is 22.8 Å². The minimum Gasteiger partial charge on any atom is -0.484 e. The van der Waals surface area contributed by atoms with Crippen LogP contribution in [-0.2, 0) is 17.4 Å². The highest BCUT2D eigenvalue weighted by Crippen LogP contribution is 2.34. The molecule has 3 rings (SSSR count). The number of anilines is 2. The molecule has 3 aromatic rings. The minimum atomic E-state index is -4.59. The zero-order valence-electron chi connectivity index (χ0n) is 18.6. The standard InChI is InChI=1S/C26H25F3N2O3/c1-2-3-6-18-9-13-20(14-10-18)30-25(33)19-11-15-21(16-12-19)34-17-24(32)31-23-8-5-4-7-22(23)26(27,28)29/h4-5,7-16H,2-3,6,17H2,1H3,(H,30,33)(H,31,32). The summed E-state index contributed by atoms with van der Waals surface area (Å²) in [6, 6.07) is 18.5. The van der Waals surface area contributed by atoms with Gasteiger partial charge >= 0.3 is 6.18 Å². The number of hydrogen-bond donors (Lipinski definition) is 2. The van der Waals surface area contributed by atoms with Crippen molar-refractivity contribution in [3.05, 3.63) is 89.5 Å². The number of hydrogen-bond acceptors (Lipinski definition) is 3. The molecule has 0 aliphatic carbocycles. The topological polar surface area (TPSA) is 67.4 Å². The van der Waals surface area contributed by atoms with Crippen molar-refractivity contribution in [2.24, 2.45) is 0 Å². The van der Waals surface area contributed by atoms with E-state index in [1.165, 1.54) is 48.0 Å². The fourth-order valence-electron chi connectivity index (χ4n) is 3.22. The second-order valence-corrected chi connectivity index (χ2v) is 7.66. The van der Waals surface area contributed by atoms with Crippen molar-refractivity contribution >= 4 is 23.2 Å². The summed E-state index contributed by atoms with van der Waals surface area (Å²) >= 11 is 0. The van der Waals surface area contributed by atoms with Crippen LogP contribution < -0.4 is 15.4 Å². The summed E-state index contributed by atoms with van der Waals surface area (Å²) in [4.78, 5) is 24.5. The first-order valence-electron chi connectivity index (χ1n) is 10.9. The van der Waals surface area contributed by atoms with E-state index >= 15 is 0 Å². The van der Waals surface area contributed by atoms with Gasteiger partial charge in [0.2, 0.25) is 0 Å². The van der Waals surface area contributed by atoms with Gasteiger partial charge in [-0.2, -0.15) is 13.2 Å². The molecule has 0 aliphatic heterocycles. The first kappa shape index (κ1) is 24.8. The molecular weight excluding hydrogens is 445 g/mol. The van der Waals surface area contributed by atoms with E-state index in [0.717, 1.165) is 25.3 Å². The van der Waals surface area contributed by atoms with Gasteiger partial charge in [-0.25, -0.2) is 0 Å². The highest BCUT2D eigenvalue weighted by atomic mass is 19.4. The number of nitrogens with one attached hydrogen (secondary N) is 2. The Hall–Kier alpha value is -3.81. The average Bonchev–Trinajstić information content (AvgIpc) is 2.82. The fourth-order valence-corrected chi connectivity index (χ4v) is 3.22. The Bertz CT molecular complexity index is 1110. The molecule has 2 N–H and O–H groups in total. The van der Waals surface area contributed by atoms with Crippen LogP contribution in [0.5, 0.6) is 5.75 Å². The number of amides is 2. The van der Waals surface area contributed by atoms with Gasteiger partial charge in [-0.15, -0.1) is 0 Å². The molecule has 0 spiro atoms. The van der Waals surface area contributed by atoms with Gasteiger partial charge in [-0.3, -0.25) is 9.59 Å². The maximum absolute atomic E-state index is 13.0. The molecule has 0 aromatic heterocycles. The smallest absolute Gasteiger partial charge is 0.418 e. The Morgan fingerprint density at radius 3 is 2.21 bits per heavy atom. The molecule has 0 atom stereocenters. The highest BCUT2D eigenvalue weighted by Gasteiger charge is 2.33. The maximum atomic E-state index is 13.0. The lowest BCUT2D eigenvalue weighted by molar-refractivity contribution is -0.137. The van der Waals surface area contributed by atoms with Crippen molar-refractivity contribution in [1.82, 2.24) is 0 Å². The summed E-state index contributed by atoms with van der Waals surface area (Å²) in [5.41, 5.74) is 1.02. The number of halogens is 3. The molecule has 0 radical (unpaired) electrons. The lowest BCUT2D eigenvalue weighted by atomic mass is 10.1. The number of benzene rings is 3. The zero-order chi connectivity index (χ0) is 24.6. The van der Waals surface area contributed by atoms with Gasteiger partial charge in [0.1, 0.15) is 5.75 Å². The van der Waals surface area contributed by atoms with E-state index in [-0.39, 0.29) is 11.6 Å². The molecule has 0 saturated carbocycles.